The molecule has 3 rings (SSSR count). The maximum atomic E-state index is 12.5. The van der Waals surface area contributed by atoms with Gasteiger partial charge in [-0.25, -0.2) is 9.48 Å². The first-order valence-electron chi connectivity index (χ1n) is 8.50. The number of H-pyrrole nitrogens is 1. The third-order valence-electron chi connectivity index (χ3n) is 4.26. The molecule has 3 amide bonds. The van der Waals surface area contributed by atoms with Crippen LogP contribution in [0.1, 0.15) is 36.1 Å². The molecule has 0 bridgehead atoms. The van der Waals surface area contributed by atoms with Crippen LogP contribution in [0.4, 0.5) is 10.6 Å². The fourth-order valence-corrected chi connectivity index (χ4v) is 2.94. The quantitative estimate of drug-likeness (QED) is 0.894. The van der Waals surface area contributed by atoms with Gasteiger partial charge in [-0.15, -0.1) is 0 Å². The summed E-state index contributed by atoms with van der Waals surface area (Å²) in [5.74, 6) is 0.668. The lowest BCUT2D eigenvalue weighted by Gasteiger charge is -2.34. The zero-order valence-corrected chi connectivity index (χ0v) is 14.8. The Balaban J connectivity index is 1.58. The summed E-state index contributed by atoms with van der Waals surface area (Å²) in [6.45, 7) is 8.00. The first kappa shape index (κ1) is 17.1. The van der Waals surface area contributed by atoms with E-state index in [1.54, 1.807) is 32.8 Å². The van der Waals surface area contributed by atoms with Gasteiger partial charge >= 0.3 is 6.03 Å². The van der Waals surface area contributed by atoms with Crippen LogP contribution in [0.5, 0.6) is 0 Å². The number of nitrogens with one attached hydrogen (secondary N) is 2. The molecule has 2 N–H and O–H groups in total. The molecular weight excluding hydrogens is 320 g/mol. The van der Waals surface area contributed by atoms with Gasteiger partial charge in [-0.05, 0) is 32.9 Å². The number of aromatic nitrogens is 3. The molecule has 8 heteroatoms. The Morgan fingerprint density at radius 1 is 1.20 bits per heavy atom. The highest BCUT2D eigenvalue weighted by Gasteiger charge is 2.26. The van der Waals surface area contributed by atoms with E-state index in [1.165, 1.54) is 0 Å². The van der Waals surface area contributed by atoms with Crippen LogP contribution < -0.4 is 5.32 Å². The average molecular weight is 344 g/mol. The zero-order chi connectivity index (χ0) is 18.0. The van der Waals surface area contributed by atoms with Gasteiger partial charge in [0.25, 0.3) is 5.91 Å². The molecule has 1 aliphatic rings. The number of nitrogens with zero attached hydrogens (tertiary/aromatic N) is 4. The molecule has 2 aromatic rings. The lowest BCUT2D eigenvalue weighted by molar-refractivity contribution is 0.0666. The van der Waals surface area contributed by atoms with Gasteiger partial charge in [-0.2, -0.15) is 5.10 Å². The summed E-state index contributed by atoms with van der Waals surface area (Å²) in [6.07, 6.45) is 1.73. The van der Waals surface area contributed by atoms with Crippen molar-refractivity contribution in [1.29, 1.82) is 0 Å². The van der Waals surface area contributed by atoms with E-state index in [1.807, 2.05) is 26.8 Å². The summed E-state index contributed by atoms with van der Waals surface area (Å²) >= 11 is 0. The van der Waals surface area contributed by atoms with E-state index in [2.05, 4.69) is 15.4 Å². The van der Waals surface area contributed by atoms with Crippen molar-refractivity contribution in [2.75, 3.05) is 31.5 Å². The smallest absolute Gasteiger partial charge is 0.323 e. The third kappa shape index (κ3) is 3.67. The summed E-state index contributed by atoms with van der Waals surface area (Å²) < 4.78 is 1.80. The molecule has 8 nitrogen and oxygen atoms in total. The highest BCUT2D eigenvalue weighted by atomic mass is 16.2. The number of aryl methyl sites for hydroxylation is 1. The number of rotatable bonds is 3. The standard InChI is InChI=1S/C17H24N6O2/c1-12(2)23-15(11-13(3)20-23)19-17(25)22-9-7-21(8-10-22)16(24)14-5-4-6-18-14/h4-6,11-12,18H,7-10H2,1-3H3,(H,19,25). The maximum Gasteiger partial charge on any atom is 0.323 e. The predicted molar refractivity (Wildman–Crippen MR) is 94.6 cm³/mol. The topological polar surface area (TPSA) is 86.3 Å². The Labute approximate surface area is 146 Å². The van der Waals surface area contributed by atoms with Crippen molar-refractivity contribution in [3.05, 3.63) is 35.8 Å². The Kier molecular flexibility index (Phi) is 4.78. The molecule has 0 aliphatic carbocycles. The van der Waals surface area contributed by atoms with Crippen molar-refractivity contribution >= 4 is 17.8 Å². The first-order chi connectivity index (χ1) is 12.0. The van der Waals surface area contributed by atoms with Crippen LogP contribution in [-0.2, 0) is 0 Å². The molecule has 1 aliphatic heterocycles. The number of hydrogen-bond donors (Lipinski definition) is 2. The third-order valence-corrected chi connectivity index (χ3v) is 4.26. The minimum Gasteiger partial charge on any atom is -0.357 e. The minimum absolute atomic E-state index is 0.0291. The molecule has 134 valence electrons. The maximum absolute atomic E-state index is 12.5. The average Bonchev–Trinajstić information content (AvgIpc) is 3.24. The Hall–Kier alpha value is -2.77. The van der Waals surface area contributed by atoms with Crippen LogP contribution in [0, 0.1) is 6.92 Å². The van der Waals surface area contributed by atoms with E-state index < -0.39 is 0 Å². The molecule has 0 aromatic carbocycles. The van der Waals surface area contributed by atoms with Crippen LogP contribution in [0.25, 0.3) is 0 Å². The number of hydrogen-bond acceptors (Lipinski definition) is 3. The summed E-state index contributed by atoms with van der Waals surface area (Å²) in [5.41, 5.74) is 1.44. The van der Waals surface area contributed by atoms with Crippen molar-refractivity contribution in [2.45, 2.75) is 26.8 Å². The number of piperazine rings is 1. The molecule has 0 atom stereocenters. The van der Waals surface area contributed by atoms with Crippen LogP contribution in [0.2, 0.25) is 0 Å². The van der Waals surface area contributed by atoms with Crippen molar-refractivity contribution in [2.24, 2.45) is 0 Å². The van der Waals surface area contributed by atoms with Crippen molar-refractivity contribution in [1.82, 2.24) is 24.6 Å². The second-order valence-corrected chi connectivity index (χ2v) is 6.50. The van der Waals surface area contributed by atoms with Gasteiger partial charge < -0.3 is 14.8 Å². The Bertz CT molecular complexity index is 741. The second kappa shape index (κ2) is 7.00. The summed E-state index contributed by atoms with van der Waals surface area (Å²) in [7, 11) is 0. The Morgan fingerprint density at radius 3 is 2.48 bits per heavy atom. The van der Waals surface area contributed by atoms with Crippen LogP contribution in [0.3, 0.4) is 0 Å². The van der Waals surface area contributed by atoms with E-state index in [0.717, 1.165) is 5.69 Å². The number of carbonyl (C=O) groups excluding carboxylic acids is 2. The normalized spacial score (nSPS) is 14.9. The number of amides is 3. The van der Waals surface area contributed by atoms with E-state index in [-0.39, 0.29) is 18.0 Å². The highest BCUT2D eigenvalue weighted by molar-refractivity contribution is 5.93. The molecule has 1 fully saturated rings. The predicted octanol–water partition coefficient (Wildman–Crippen LogP) is 2.09. The van der Waals surface area contributed by atoms with E-state index in [4.69, 9.17) is 0 Å². The van der Waals surface area contributed by atoms with Gasteiger partial charge in [0.2, 0.25) is 0 Å². The van der Waals surface area contributed by atoms with E-state index in [9.17, 15) is 9.59 Å². The molecular formula is C17H24N6O2. The zero-order valence-electron chi connectivity index (χ0n) is 14.8. The molecule has 0 saturated carbocycles. The van der Waals surface area contributed by atoms with E-state index >= 15 is 0 Å². The van der Waals surface area contributed by atoms with E-state index in [0.29, 0.717) is 37.7 Å². The molecule has 0 spiro atoms. The fourth-order valence-electron chi connectivity index (χ4n) is 2.94. The number of urea groups is 1. The summed E-state index contributed by atoms with van der Waals surface area (Å²) in [5, 5.41) is 7.33. The largest absolute Gasteiger partial charge is 0.357 e. The number of carbonyl (C=O) groups is 2. The molecule has 25 heavy (non-hydrogen) atoms. The molecule has 3 heterocycles. The van der Waals surface area contributed by atoms with Crippen LogP contribution >= 0.6 is 0 Å². The first-order valence-corrected chi connectivity index (χ1v) is 8.50. The lowest BCUT2D eigenvalue weighted by atomic mass is 10.3. The highest BCUT2D eigenvalue weighted by Crippen LogP contribution is 2.17. The number of anilines is 1. The van der Waals surface area contributed by atoms with Crippen molar-refractivity contribution in [3.8, 4) is 0 Å². The summed E-state index contributed by atoms with van der Waals surface area (Å²) in [6, 6.07) is 5.43. The molecule has 1 saturated heterocycles. The monoisotopic (exact) mass is 344 g/mol. The molecule has 0 unspecified atom stereocenters. The van der Waals surface area contributed by atoms with Gasteiger partial charge in [0.1, 0.15) is 11.5 Å². The van der Waals surface area contributed by atoms with Gasteiger partial charge in [-0.1, -0.05) is 0 Å². The van der Waals surface area contributed by atoms with Gasteiger partial charge in [-0.3, -0.25) is 10.1 Å². The number of aromatic amines is 1. The fraction of sp³-hybridized carbons (Fsp3) is 0.471. The lowest BCUT2D eigenvalue weighted by Crippen LogP contribution is -2.51. The summed E-state index contributed by atoms with van der Waals surface area (Å²) in [4.78, 5) is 31.3. The molecule has 2 aromatic heterocycles. The SMILES string of the molecule is Cc1cc(NC(=O)N2CCN(C(=O)c3ccc[nH]3)CC2)n(C(C)C)n1. The second-order valence-electron chi connectivity index (χ2n) is 6.50. The minimum atomic E-state index is -0.159. The van der Waals surface area contributed by atoms with Crippen LogP contribution in [-0.4, -0.2) is 62.7 Å². The van der Waals surface area contributed by atoms with Gasteiger partial charge in [0.15, 0.2) is 0 Å². The Morgan fingerprint density at radius 2 is 1.88 bits per heavy atom. The van der Waals surface area contributed by atoms with Gasteiger partial charge in [0, 0.05) is 44.5 Å². The van der Waals surface area contributed by atoms with Crippen molar-refractivity contribution < 1.29 is 9.59 Å². The van der Waals surface area contributed by atoms with Gasteiger partial charge in [0.05, 0.1) is 5.69 Å². The van der Waals surface area contributed by atoms with Crippen molar-refractivity contribution in [3.63, 3.8) is 0 Å². The van der Waals surface area contributed by atoms with Crippen LogP contribution in [0.15, 0.2) is 24.4 Å². The molecule has 0 radical (unpaired) electrons.